The first-order valence-electron chi connectivity index (χ1n) is 14.3. The quantitative estimate of drug-likeness (QED) is 0.110. The molecule has 0 heterocycles. The SMILES string of the molecule is COC(=O)CN(CC(=O)OC)c1ccc(Cl)cc1OCCOc1ccc(OCc2ccccc2)cc1N(CC(=O)OC)CC(=O)OC. The minimum Gasteiger partial charge on any atom is -0.489 e. The summed E-state index contributed by atoms with van der Waals surface area (Å²) in [6, 6.07) is 19.3. The van der Waals surface area contributed by atoms with E-state index in [9.17, 15) is 19.2 Å². The van der Waals surface area contributed by atoms with Crippen molar-refractivity contribution < 1.29 is 52.3 Å². The van der Waals surface area contributed by atoms with Gasteiger partial charge in [0.15, 0.2) is 0 Å². The summed E-state index contributed by atoms with van der Waals surface area (Å²) in [4.78, 5) is 51.7. The van der Waals surface area contributed by atoms with Crippen LogP contribution in [0.4, 0.5) is 11.4 Å². The average Bonchev–Trinajstić information content (AvgIpc) is 3.09. The highest BCUT2D eigenvalue weighted by molar-refractivity contribution is 6.30. The second-order valence-electron chi connectivity index (χ2n) is 9.73. The van der Waals surface area contributed by atoms with Crippen molar-refractivity contribution >= 4 is 46.9 Å². The predicted octanol–water partition coefficient (Wildman–Crippen LogP) is 3.68. The molecule has 14 heteroatoms. The fourth-order valence-corrected chi connectivity index (χ4v) is 4.36. The summed E-state index contributed by atoms with van der Waals surface area (Å²) < 4.78 is 37.3. The number of hydrogen-bond donors (Lipinski definition) is 0. The molecular weight excluding hydrogens is 636 g/mol. The van der Waals surface area contributed by atoms with Crippen LogP contribution in [0.25, 0.3) is 0 Å². The molecular formula is C33H37ClN2O11. The summed E-state index contributed by atoms with van der Waals surface area (Å²) in [6.45, 7) is -0.770. The third kappa shape index (κ3) is 11.6. The third-order valence-electron chi connectivity index (χ3n) is 6.57. The van der Waals surface area contributed by atoms with Gasteiger partial charge in [-0.2, -0.15) is 0 Å². The van der Waals surface area contributed by atoms with Crippen LogP contribution >= 0.6 is 11.6 Å². The number of carbonyl (C=O) groups excluding carboxylic acids is 4. The van der Waals surface area contributed by atoms with Gasteiger partial charge in [-0.3, -0.25) is 19.2 Å². The van der Waals surface area contributed by atoms with Gasteiger partial charge in [0.25, 0.3) is 0 Å². The Balaban J connectivity index is 1.84. The summed E-state index contributed by atoms with van der Waals surface area (Å²) in [5.41, 5.74) is 1.72. The molecule has 0 spiro atoms. The van der Waals surface area contributed by atoms with E-state index in [2.05, 4.69) is 0 Å². The minimum atomic E-state index is -0.587. The van der Waals surface area contributed by atoms with Gasteiger partial charge in [0.05, 0.1) is 39.8 Å². The largest absolute Gasteiger partial charge is 0.489 e. The normalized spacial score (nSPS) is 10.3. The van der Waals surface area contributed by atoms with E-state index in [-0.39, 0.29) is 51.7 Å². The molecule has 3 aromatic rings. The molecule has 0 fully saturated rings. The fraction of sp³-hybridized carbons (Fsp3) is 0.333. The minimum absolute atomic E-state index is 0.00145. The number of benzene rings is 3. The van der Waals surface area contributed by atoms with Gasteiger partial charge in [0, 0.05) is 17.2 Å². The van der Waals surface area contributed by atoms with Gasteiger partial charge < -0.3 is 43.0 Å². The van der Waals surface area contributed by atoms with Crippen molar-refractivity contribution in [2.24, 2.45) is 0 Å². The Kier molecular flexibility index (Phi) is 14.5. The molecule has 0 aliphatic heterocycles. The standard InChI is InChI=1S/C33H37ClN2O11/c1-41-30(37)18-35(19-31(38)42-2)26-12-10-24(34)16-29(26)46-15-14-45-28-13-11-25(47-22-23-8-6-5-7-9-23)17-27(28)36(20-32(39)43-3)21-33(40)44-4/h5-13,16-17H,14-15,18-22H2,1-4H3. The monoisotopic (exact) mass is 672 g/mol. The number of hydrogen-bond acceptors (Lipinski definition) is 13. The maximum absolute atomic E-state index is 12.3. The third-order valence-corrected chi connectivity index (χ3v) is 6.81. The van der Waals surface area contributed by atoms with Crippen LogP contribution in [0.15, 0.2) is 66.7 Å². The first-order valence-corrected chi connectivity index (χ1v) is 14.7. The number of nitrogens with zero attached hydrogens (tertiary/aromatic N) is 2. The fourth-order valence-electron chi connectivity index (χ4n) is 4.20. The Morgan fingerprint density at radius 2 is 1.09 bits per heavy atom. The first kappa shape index (κ1) is 36.3. The maximum atomic E-state index is 12.3. The lowest BCUT2D eigenvalue weighted by Crippen LogP contribution is -2.36. The van der Waals surface area contributed by atoms with Crippen molar-refractivity contribution in [3.8, 4) is 17.2 Å². The zero-order valence-electron chi connectivity index (χ0n) is 26.6. The second-order valence-corrected chi connectivity index (χ2v) is 10.2. The second kappa shape index (κ2) is 18.7. The summed E-state index contributed by atoms with van der Waals surface area (Å²) in [7, 11) is 4.97. The van der Waals surface area contributed by atoms with Gasteiger partial charge in [-0.15, -0.1) is 0 Å². The number of esters is 4. The van der Waals surface area contributed by atoms with E-state index in [1.54, 1.807) is 30.3 Å². The average molecular weight is 673 g/mol. The van der Waals surface area contributed by atoms with Crippen molar-refractivity contribution in [3.05, 3.63) is 77.3 Å². The van der Waals surface area contributed by atoms with Gasteiger partial charge >= 0.3 is 23.9 Å². The van der Waals surface area contributed by atoms with Crippen LogP contribution < -0.4 is 24.0 Å². The molecule has 0 atom stereocenters. The molecule has 0 aromatic heterocycles. The molecule has 0 aliphatic rings. The van der Waals surface area contributed by atoms with E-state index < -0.39 is 23.9 Å². The number of methoxy groups -OCH3 is 4. The van der Waals surface area contributed by atoms with E-state index in [4.69, 9.17) is 44.8 Å². The van der Waals surface area contributed by atoms with E-state index in [1.165, 1.54) is 44.3 Å². The lowest BCUT2D eigenvalue weighted by Gasteiger charge is -2.26. The van der Waals surface area contributed by atoms with Gasteiger partial charge in [-0.1, -0.05) is 41.9 Å². The van der Waals surface area contributed by atoms with Crippen LogP contribution in [0.3, 0.4) is 0 Å². The number of ether oxygens (including phenoxy) is 7. The molecule has 0 saturated heterocycles. The van der Waals surface area contributed by atoms with Crippen molar-refractivity contribution in [2.75, 3.05) is 77.6 Å². The Bertz CT molecular complexity index is 1470. The zero-order chi connectivity index (χ0) is 34.2. The van der Waals surface area contributed by atoms with Gasteiger partial charge in [-0.25, -0.2) is 0 Å². The first-order chi connectivity index (χ1) is 22.7. The van der Waals surface area contributed by atoms with Crippen molar-refractivity contribution in [1.82, 2.24) is 0 Å². The van der Waals surface area contributed by atoms with Crippen LogP contribution in [-0.4, -0.2) is 91.7 Å². The molecule has 0 amide bonds. The van der Waals surface area contributed by atoms with E-state index in [0.717, 1.165) is 5.56 Å². The molecule has 0 unspecified atom stereocenters. The lowest BCUT2D eigenvalue weighted by atomic mass is 10.2. The summed E-state index contributed by atoms with van der Waals surface area (Å²) >= 11 is 6.23. The molecule has 252 valence electrons. The molecule has 0 radical (unpaired) electrons. The molecule has 0 N–H and O–H groups in total. The number of carbonyl (C=O) groups is 4. The molecule has 0 bridgehead atoms. The maximum Gasteiger partial charge on any atom is 0.325 e. The smallest absolute Gasteiger partial charge is 0.325 e. The summed E-state index contributed by atoms with van der Waals surface area (Å²) in [5, 5.41) is 0.357. The Morgan fingerprint density at radius 1 is 0.574 bits per heavy atom. The van der Waals surface area contributed by atoms with Crippen LogP contribution in [0, 0.1) is 0 Å². The lowest BCUT2D eigenvalue weighted by molar-refractivity contribution is -0.141. The van der Waals surface area contributed by atoms with Crippen molar-refractivity contribution in [1.29, 1.82) is 0 Å². The summed E-state index contributed by atoms with van der Waals surface area (Å²) in [5.74, 6) is -1.27. The van der Waals surface area contributed by atoms with Gasteiger partial charge in [0.2, 0.25) is 0 Å². The van der Waals surface area contributed by atoms with Crippen molar-refractivity contribution in [3.63, 3.8) is 0 Å². The molecule has 47 heavy (non-hydrogen) atoms. The van der Waals surface area contributed by atoms with Crippen LogP contribution in [-0.2, 0) is 44.7 Å². The molecule has 0 aliphatic carbocycles. The highest BCUT2D eigenvalue weighted by Gasteiger charge is 2.22. The van der Waals surface area contributed by atoms with E-state index >= 15 is 0 Å². The van der Waals surface area contributed by atoms with E-state index in [1.807, 2.05) is 30.3 Å². The Morgan fingerprint density at radius 3 is 1.62 bits per heavy atom. The number of rotatable bonds is 18. The van der Waals surface area contributed by atoms with E-state index in [0.29, 0.717) is 27.9 Å². The molecule has 0 saturated carbocycles. The van der Waals surface area contributed by atoms with Crippen LogP contribution in [0.5, 0.6) is 17.2 Å². The molecule has 3 rings (SSSR count). The highest BCUT2D eigenvalue weighted by Crippen LogP contribution is 2.34. The van der Waals surface area contributed by atoms with Crippen LogP contribution in [0.2, 0.25) is 5.02 Å². The van der Waals surface area contributed by atoms with Gasteiger partial charge in [-0.05, 0) is 29.8 Å². The van der Waals surface area contributed by atoms with Gasteiger partial charge in [0.1, 0.15) is 63.2 Å². The molecule has 3 aromatic carbocycles. The summed E-state index contributed by atoms with van der Waals surface area (Å²) in [6.07, 6.45) is 0. The number of anilines is 2. The Hall–Kier alpha value is -5.17. The predicted molar refractivity (Wildman–Crippen MR) is 172 cm³/mol. The van der Waals surface area contributed by atoms with Crippen LogP contribution in [0.1, 0.15) is 5.56 Å². The Labute approximate surface area is 277 Å². The zero-order valence-corrected chi connectivity index (χ0v) is 27.3. The topological polar surface area (TPSA) is 139 Å². The van der Waals surface area contributed by atoms with Crippen molar-refractivity contribution in [2.45, 2.75) is 6.61 Å². The molecule has 13 nitrogen and oxygen atoms in total. The highest BCUT2D eigenvalue weighted by atomic mass is 35.5. The number of halogens is 1.